The van der Waals surface area contributed by atoms with Gasteiger partial charge >= 0.3 is 0 Å². The van der Waals surface area contributed by atoms with Crippen molar-refractivity contribution in [3.8, 4) is 11.1 Å². The molecule has 3 heteroatoms. The van der Waals surface area contributed by atoms with Crippen LogP contribution in [0.2, 0.25) is 0 Å². The van der Waals surface area contributed by atoms with Gasteiger partial charge < -0.3 is 4.57 Å². The second-order valence-electron chi connectivity index (χ2n) is 6.98. The van der Waals surface area contributed by atoms with Gasteiger partial charge in [-0.3, -0.25) is 4.90 Å². The van der Waals surface area contributed by atoms with Crippen molar-refractivity contribution >= 4 is 0 Å². The number of imidazole rings is 1. The highest BCUT2D eigenvalue weighted by Crippen LogP contribution is 2.28. The Morgan fingerprint density at radius 1 is 1.00 bits per heavy atom. The molecule has 1 saturated heterocycles. The molecule has 0 saturated carbocycles. The number of benzene rings is 2. The minimum absolute atomic E-state index is 0.503. The first-order valence-corrected chi connectivity index (χ1v) is 9.19. The molecular weight excluding hydrogens is 306 g/mol. The Morgan fingerprint density at radius 2 is 1.80 bits per heavy atom. The third-order valence-corrected chi connectivity index (χ3v) is 5.27. The minimum Gasteiger partial charge on any atom is -0.333 e. The maximum Gasteiger partial charge on any atom is 0.0949 e. The van der Waals surface area contributed by atoms with E-state index in [2.05, 4.69) is 69.9 Å². The summed E-state index contributed by atoms with van der Waals surface area (Å²) in [6.45, 7) is 5.66. The van der Waals surface area contributed by atoms with Gasteiger partial charge in [0.05, 0.1) is 6.33 Å². The SMILES string of the molecule is C[C@H](c1cccc(-c2ccc(Cn3ccnc3)cc2)c1)N1CCCC1. The quantitative estimate of drug-likeness (QED) is 0.672. The summed E-state index contributed by atoms with van der Waals surface area (Å²) in [5.41, 5.74) is 5.30. The normalized spacial score (nSPS) is 16.2. The molecule has 2 heterocycles. The van der Waals surface area contributed by atoms with Gasteiger partial charge in [-0.15, -0.1) is 0 Å². The molecule has 4 rings (SSSR count). The van der Waals surface area contributed by atoms with E-state index in [9.17, 15) is 0 Å². The van der Waals surface area contributed by atoms with Crippen LogP contribution >= 0.6 is 0 Å². The van der Waals surface area contributed by atoms with Crippen LogP contribution in [0.15, 0.2) is 67.3 Å². The molecule has 1 aromatic heterocycles. The first-order chi connectivity index (χ1) is 12.3. The van der Waals surface area contributed by atoms with Crippen LogP contribution in [0.1, 0.15) is 36.9 Å². The van der Waals surface area contributed by atoms with Gasteiger partial charge in [0, 0.05) is 25.0 Å². The number of hydrogen-bond donors (Lipinski definition) is 0. The number of nitrogens with zero attached hydrogens (tertiary/aromatic N) is 3. The molecule has 0 N–H and O–H groups in total. The van der Waals surface area contributed by atoms with Gasteiger partial charge in [-0.2, -0.15) is 0 Å². The van der Waals surface area contributed by atoms with Gasteiger partial charge in [-0.1, -0.05) is 42.5 Å². The number of rotatable bonds is 5. The Bertz CT molecular complexity index is 800. The number of likely N-dealkylation sites (tertiary alicyclic amines) is 1. The standard InChI is InChI=1S/C22H25N3/c1-18(25-12-2-3-13-25)21-5-4-6-22(15-21)20-9-7-19(8-10-20)16-24-14-11-23-17-24/h4-11,14-15,17-18H,2-3,12-13,16H2,1H3/t18-/m1/s1. The van der Waals surface area contributed by atoms with Crippen molar-refractivity contribution in [2.45, 2.75) is 32.4 Å². The Hall–Kier alpha value is -2.39. The molecule has 0 unspecified atom stereocenters. The monoisotopic (exact) mass is 331 g/mol. The van der Waals surface area contributed by atoms with Crippen LogP contribution in [0.25, 0.3) is 11.1 Å². The Labute approximate surface area is 149 Å². The minimum atomic E-state index is 0.503. The van der Waals surface area contributed by atoms with Crippen molar-refractivity contribution in [3.05, 3.63) is 78.4 Å². The molecule has 0 amide bonds. The topological polar surface area (TPSA) is 21.1 Å². The molecule has 128 valence electrons. The zero-order chi connectivity index (χ0) is 17.1. The lowest BCUT2D eigenvalue weighted by Crippen LogP contribution is -2.23. The molecule has 1 aliphatic rings. The van der Waals surface area contributed by atoms with Gasteiger partial charge in [0.2, 0.25) is 0 Å². The van der Waals surface area contributed by atoms with Gasteiger partial charge in [0.15, 0.2) is 0 Å². The fourth-order valence-electron chi connectivity index (χ4n) is 3.71. The summed E-state index contributed by atoms with van der Waals surface area (Å²) in [5.74, 6) is 0. The molecule has 1 atom stereocenters. The molecule has 25 heavy (non-hydrogen) atoms. The maximum atomic E-state index is 4.10. The Morgan fingerprint density at radius 3 is 2.52 bits per heavy atom. The predicted molar refractivity (Wildman–Crippen MR) is 102 cm³/mol. The van der Waals surface area contributed by atoms with Crippen LogP contribution < -0.4 is 0 Å². The van der Waals surface area contributed by atoms with Gasteiger partial charge in [0.25, 0.3) is 0 Å². The zero-order valence-corrected chi connectivity index (χ0v) is 14.8. The van der Waals surface area contributed by atoms with Gasteiger partial charge in [-0.05, 0) is 61.2 Å². The van der Waals surface area contributed by atoms with Crippen LogP contribution in [0, 0.1) is 0 Å². The molecular formula is C22H25N3. The van der Waals surface area contributed by atoms with E-state index in [0.29, 0.717) is 6.04 Å². The van der Waals surface area contributed by atoms with E-state index in [1.54, 1.807) is 0 Å². The van der Waals surface area contributed by atoms with E-state index >= 15 is 0 Å². The van der Waals surface area contributed by atoms with Crippen LogP contribution in [0.3, 0.4) is 0 Å². The summed E-state index contributed by atoms with van der Waals surface area (Å²) in [4.78, 5) is 6.69. The first-order valence-electron chi connectivity index (χ1n) is 9.19. The van der Waals surface area contributed by atoms with Gasteiger partial charge in [0.1, 0.15) is 0 Å². The van der Waals surface area contributed by atoms with Crippen molar-refractivity contribution in [1.82, 2.24) is 14.5 Å². The summed E-state index contributed by atoms with van der Waals surface area (Å²) < 4.78 is 2.09. The highest BCUT2D eigenvalue weighted by atomic mass is 15.2. The van der Waals surface area contributed by atoms with Crippen LogP contribution in [-0.2, 0) is 6.54 Å². The number of aromatic nitrogens is 2. The first kappa shape index (κ1) is 16.1. The van der Waals surface area contributed by atoms with Crippen LogP contribution in [0.4, 0.5) is 0 Å². The van der Waals surface area contributed by atoms with Crippen molar-refractivity contribution < 1.29 is 0 Å². The molecule has 0 bridgehead atoms. The lowest BCUT2D eigenvalue weighted by molar-refractivity contribution is 0.263. The van der Waals surface area contributed by atoms with Crippen molar-refractivity contribution in [3.63, 3.8) is 0 Å². The van der Waals surface area contributed by atoms with E-state index in [-0.39, 0.29) is 0 Å². The second kappa shape index (κ2) is 7.24. The summed E-state index contributed by atoms with van der Waals surface area (Å²) >= 11 is 0. The Kier molecular flexibility index (Phi) is 4.66. The highest BCUT2D eigenvalue weighted by molar-refractivity contribution is 5.64. The fourth-order valence-corrected chi connectivity index (χ4v) is 3.71. The lowest BCUT2D eigenvalue weighted by Gasteiger charge is -2.24. The summed E-state index contributed by atoms with van der Waals surface area (Å²) in [6, 6.07) is 18.4. The third kappa shape index (κ3) is 3.67. The number of hydrogen-bond acceptors (Lipinski definition) is 2. The molecule has 2 aromatic carbocycles. The molecule has 1 fully saturated rings. The van der Waals surface area contributed by atoms with E-state index < -0.39 is 0 Å². The lowest BCUT2D eigenvalue weighted by atomic mass is 9.99. The average molecular weight is 331 g/mol. The average Bonchev–Trinajstić information content (AvgIpc) is 3.36. The maximum absolute atomic E-state index is 4.10. The molecule has 1 aliphatic heterocycles. The van der Waals surface area contributed by atoms with Crippen LogP contribution in [-0.4, -0.2) is 27.5 Å². The van der Waals surface area contributed by atoms with E-state index in [0.717, 1.165) is 6.54 Å². The third-order valence-electron chi connectivity index (χ3n) is 5.27. The molecule has 3 aromatic rings. The molecule has 0 spiro atoms. The van der Waals surface area contributed by atoms with E-state index in [1.807, 2.05) is 18.7 Å². The van der Waals surface area contributed by atoms with Crippen LogP contribution in [0.5, 0.6) is 0 Å². The Balaban J connectivity index is 1.52. The predicted octanol–water partition coefficient (Wildman–Crippen LogP) is 4.76. The molecule has 3 nitrogen and oxygen atoms in total. The largest absolute Gasteiger partial charge is 0.333 e. The highest BCUT2D eigenvalue weighted by Gasteiger charge is 2.19. The van der Waals surface area contributed by atoms with E-state index in [4.69, 9.17) is 0 Å². The van der Waals surface area contributed by atoms with Crippen molar-refractivity contribution in [2.75, 3.05) is 13.1 Å². The molecule has 0 aliphatic carbocycles. The zero-order valence-electron chi connectivity index (χ0n) is 14.8. The summed E-state index contributed by atoms with van der Waals surface area (Å²) in [6.07, 6.45) is 8.35. The smallest absolute Gasteiger partial charge is 0.0949 e. The van der Waals surface area contributed by atoms with E-state index in [1.165, 1.54) is 48.2 Å². The molecule has 0 radical (unpaired) electrons. The fraction of sp³-hybridized carbons (Fsp3) is 0.318. The summed E-state index contributed by atoms with van der Waals surface area (Å²) in [7, 11) is 0. The van der Waals surface area contributed by atoms with Crippen molar-refractivity contribution in [1.29, 1.82) is 0 Å². The second-order valence-corrected chi connectivity index (χ2v) is 6.98. The van der Waals surface area contributed by atoms with Gasteiger partial charge in [-0.25, -0.2) is 4.98 Å². The summed E-state index contributed by atoms with van der Waals surface area (Å²) in [5, 5.41) is 0. The van der Waals surface area contributed by atoms with Crippen molar-refractivity contribution in [2.24, 2.45) is 0 Å².